The molecule has 2 nitrogen and oxygen atoms in total. The Kier molecular flexibility index (Phi) is 7.30. The van der Waals surface area contributed by atoms with Crippen molar-refractivity contribution < 1.29 is 25.9 Å². The normalized spacial score (nSPS) is 11.9. The van der Waals surface area contributed by atoms with Crippen LogP contribution >= 0.6 is 11.3 Å². The molecule has 1 rings (SSSR count). The second-order valence-electron chi connectivity index (χ2n) is 3.07. The standard InChI is InChI=1S/C10H13NOS.W/c1-8(6-12)4-3-5-10-11-9(2)7-13-10;/h1,6-8H,3-5H2,2H3;/q-1;. The molecule has 0 N–H and O–H groups in total. The van der Waals surface area contributed by atoms with Gasteiger partial charge in [0.15, 0.2) is 0 Å². The first-order valence-corrected chi connectivity index (χ1v) is 5.22. The van der Waals surface area contributed by atoms with Gasteiger partial charge in [0.1, 0.15) is 0 Å². The first kappa shape index (κ1) is 14.0. The fourth-order valence-corrected chi connectivity index (χ4v) is 1.89. The monoisotopic (exact) mass is 379 g/mol. The number of nitrogens with zero attached hydrogens (tertiary/aromatic N) is 1. The smallest absolute Gasteiger partial charge is 0.0928 e. The Morgan fingerprint density at radius 2 is 2.43 bits per heavy atom. The maximum atomic E-state index is 10.2. The molecule has 0 aliphatic heterocycles. The average molecular weight is 379 g/mol. The van der Waals surface area contributed by atoms with Crippen LogP contribution in [0, 0.1) is 19.8 Å². The van der Waals surface area contributed by atoms with E-state index in [1.807, 2.05) is 12.3 Å². The molecule has 77 valence electrons. The van der Waals surface area contributed by atoms with E-state index >= 15 is 0 Å². The predicted molar refractivity (Wildman–Crippen MR) is 53.6 cm³/mol. The molecule has 0 bridgehead atoms. The molecule has 0 fully saturated rings. The van der Waals surface area contributed by atoms with E-state index in [4.69, 9.17) is 6.92 Å². The molecule has 0 aromatic carbocycles. The van der Waals surface area contributed by atoms with Crippen molar-refractivity contribution in [2.75, 3.05) is 0 Å². The van der Waals surface area contributed by atoms with E-state index in [1.165, 1.54) is 0 Å². The van der Waals surface area contributed by atoms with Gasteiger partial charge in [0, 0.05) is 32.1 Å². The summed E-state index contributed by atoms with van der Waals surface area (Å²) in [5.41, 5.74) is 1.07. The quantitative estimate of drug-likeness (QED) is 0.581. The van der Waals surface area contributed by atoms with E-state index in [-0.39, 0.29) is 27.0 Å². The fourth-order valence-electron chi connectivity index (χ4n) is 1.07. The number of carbonyl (C=O) groups is 1. The third-order valence-corrected chi connectivity index (χ3v) is 2.80. The van der Waals surface area contributed by atoms with Crippen LogP contribution in [0.4, 0.5) is 0 Å². The number of aldehydes is 1. The second-order valence-corrected chi connectivity index (χ2v) is 4.02. The van der Waals surface area contributed by atoms with Crippen molar-refractivity contribution in [2.45, 2.75) is 26.2 Å². The number of thiazole rings is 1. The molecule has 1 unspecified atom stereocenters. The molecular weight excluding hydrogens is 366 g/mol. The molecule has 1 heterocycles. The predicted octanol–water partition coefficient (Wildman–Crippen LogP) is 2.30. The Balaban J connectivity index is 0.00000169. The maximum Gasteiger partial charge on any atom is 0.0928 e. The van der Waals surface area contributed by atoms with Crippen LogP contribution < -0.4 is 0 Å². The number of hydrogen-bond donors (Lipinski definition) is 0. The van der Waals surface area contributed by atoms with Gasteiger partial charge < -0.3 is 11.7 Å². The van der Waals surface area contributed by atoms with Crippen LogP contribution in [0.15, 0.2) is 5.38 Å². The van der Waals surface area contributed by atoms with E-state index in [9.17, 15) is 4.79 Å². The van der Waals surface area contributed by atoms with Gasteiger partial charge >= 0.3 is 0 Å². The van der Waals surface area contributed by atoms with Crippen LogP contribution in [0.1, 0.15) is 23.5 Å². The molecular formula is C10H13NOSW-. The van der Waals surface area contributed by atoms with Crippen LogP contribution in [0.25, 0.3) is 0 Å². The van der Waals surface area contributed by atoms with Crippen molar-refractivity contribution in [1.29, 1.82) is 0 Å². The van der Waals surface area contributed by atoms with E-state index < -0.39 is 0 Å². The zero-order chi connectivity index (χ0) is 9.68. The number of aryl methyl sites for hydroxylation is 2. The minimum absolute atomic E-state index is 0. The summed E-state index contributed by atoms with van der Waals surface area (Å²) in [5, 5.41) is 3.17. The van der Waals surface area contributed by atoms with Gasteiger partial charge in [0.05, 0.1) is 11.3 Å². The minimum atomic E-state index is -0.305. The first-order chi connectivity index (χ1) is 6.22. The first-order valence-electron chi connectivity index (χ1n) is 4.34. The van der Waals surface area contributed by atoms with E-state index in [1.54, 1.807) is 11.3 Å². The molecule has 1 atom stereocenters. The summed E-state index contributed by atoms with van der Waals surface area (Å²) in [6.45, 7) is 7.44. The number of carbonyl (C=O) groups excluding carboxylic acids is 1. The molecule has 0 aliphatic rings. The third-order valence-electron chi connectivity index (χ3n) is 1.77. The van der Waals surface area contributed by atoms with Gasteiger partial charge in [0.25, 0.3) is 0 Å². The van der Waals surface area contributed by atoms with Crippen molar-refractivity contribution in [2.24, 2.45) is 5.92 Å². The Bertz CT molecular complexity index is 275. The maximum absolute atomic E-state index is 10.2. The van der Waals surface area contributed by atoms with Crippen molar-refractivity contribution >= 4 is 17.6 Å². The van der Waals surface area contributed by atoms with Crippen LogP contribution in [-0.4, -0.2) is 11.3 Å². The summed E-state index contributed by atoms with van der Waals surface area (Å²) < 4.78 is 0. The van der Waals surface area contributed by atoms with Gasteiger partial charge in [0.2, 0.25) is 0 Å². The summed E-state index contributed by atoms with van der Waals surface area (Å²) in [6.07, 6.45) is 3.42. The zero-order valence-electron chi connectivity index (χ0n) is 8.10. The average Bonchev–Trinajstić information content (AvgIpc) is 2.51. The van der Waals surface area contributed by atoms with Gasteiger partial charge in [-0.1, -0.05) is 6.42 Å². The van der Waals surface area contributed by atoms with Crippen molar-refractivity contribution in [1.82, 2.24) is 4.98 Å². The van der Waals surface area contributed by atoms with Gasteiger partial charge in [-0.05, 0) is 19.8 Å². The molecule has 4 heteroatoms. The minimum Gasteiger partial charge on any atom is -0.484 e. The topological polar surface area (TPSA) is 30.0 Å². The number of rotatable bonds is 5. The zero-order valence-corrected chi connectivity index (χ0v) is 11.9. The Morgan fingerprint density at radius 1 is 1.71 bits per heavy atom. The van der Waals surface area contributed by atoms with E-state index in [0.717, 1.165) is 36.3 Å². The Labute approximate surface area is 103 Å². The largest absolute Gasteiger partial charge is 0.484 e. The van der Waals surface area contributed by atoms with Crippen LogP contribution in [0.5, 0.6) is 0 Å². The summed E-state index contributed by atoms with van der Waals surface area (Å²) in [6, 6.07) is 0. The molecule has 0 spiro atoms. The Morgan fingerprint density at radius 3 is 2.93 bits per heavy atom. The molecule has 14 heavy (non-hydrogen) atoms. The summed E-state index contributed by atoms with van der Waals surface area (Å²) in [5.74, 6) is -0.305. The van der Waals surface area contributed by atoms with Gasteiger partial charge in [-0.2, -0.15) is 0 Å². The van der Waals surface area contributed by atoms with E-state index in [0.29, 0.717) is 0 Å². The Hall–Kier alpha value is -0.0117. The van der Waals surface area contributed by atoms with Gasteiger partial charge in [-0.25, -0.2) is 4.98 Å². The van der Waals surface area contributed by atoms with Crippen molar-refractivity contribution in [3.05, 3.63) is 23.0 Å². The molecule has 0 aliphatic carbocycles. The van der Waals surface area contributed by atoms with Crippen LogP contribution in [-0.2, 0) is 32.3 Å². The van der Waals surface area contributed by atoms with Crippen LogP contribution in [0.3, 0.4) is 0 Å². The van der Waals surface area contributed by atoms with Crippen molar-refractivity contribution in [3.8, 4) is 0 Å². The molecule has 0 saturated heterocycles. The molecule has 0 saturated carbocycles. The molecule has 1 aromatic rings. The molecule has 1 radical (unpaired) electrons. The van der Waals surface area contributed by atoms with E-state index in [2.05, 4.69) is 4.98 Å². The van der Waals surface area contributed by atoms with Crippen LogP contribution in [0.2, 0.25) is 0 Å². The van der Waals surface area contributed by atoms with Crippen molar-refractivity contribution in [3.63, 3.8) is 0 Å². The second kappa shape index (κ2) is 7.30. The molecule has 1 aromatic heterocycles. The number of hydrogen-bond acceptors (Lipinski definition) is 3. The summed E-state index contributed by atoms with van der Waals surface area (Å²) >= 11 is 1.67. The molecule has 0 amide bonds. The third kappa shape index (κ3) is 5.02. The van der Waals surface area contributed by atoms with Gasteiger partial charge in [-0.15, -0.1) is 17.3 Å². The SMILES string of the molecule is [CH-]C(C=O)CCCc1nc(C)cs1.[W]. The fraction of sp³-hybridized carbons (Fsp3) is 0.500. The summed E-state index contributed by atoms with van der Waals surface area (Å²) in [7, 11) is 0. The summed E-state index contributed by atoms with van der Waals surface area (Å²) in [4.78, 5) is 14.5. The van der Waals surface area contributed by atoms with Gasteiger partial charge in [-0.3, -0.25) is 0 Å². The number of aromatic nitrogens is 1.